The number of nitrogens with two attached hydrogens (primary N) is 1. The molecule has 3 aromatic rings. The van der Waals surface area contributed by atoms with Crippen molar-refractivity contribution in [1.29, 1.82) is 0 Å². The van der Waals surface area contributed by atoms with Gasteiger partial charge in [0.1, 0.15) is 22.8 Å². The highest BCUT2D eigenvalue weighted by atomic mass is 79.9. The number of oxazole rings is 1. The molecule has 0 aliphatic rings. The van der Waals surface area contributed by atoms with Crippen LogP contribution < -0.4 is 15.2 Å². The van der Waals surface area contributed by atoms with E-state index in [9.17, 15) is 18.7 Å². The van der Waals surface area contributed by atoms with Crippen molar-refractivity contribution in [2.24, 2.45) is 5.73 Å². The maximum Gasteiger partial charge on any atom is 0.254 e. The summed E-state index contributed by atoms with van der Waals surface area (Å²) in [6, 6.07) is 8.77. The molecule has 3 N–H and O–H groups in total. The van der Waals surface area contributed by atoms with Gasteiger partial charge < -0.3 is 24.7 Å². The number of methoxy groups -OCH3 is 1. The summed E-state index contributed by atoms with van der Waals surface area (Å²) in [5.41, 5.74) is 5.17. The van der Waals surface area contributed by atoms with Gasteiger partial charge in [-0.2, -0.15) is 0 Å². The number of rotatable bonds is 7. The Kier molecular flexibility index (Phi) is 6.14. The molecular weight excluding hydrogens is 454 g/mol. The normalized spacial score (nSPS) is 11.9. The maximum absolute atomic E-state index is 14.4. The van der Waals surface area contributed by atoms with Crippen LogP contribution in [0.1, 0.15) is 22.4 Å². The van der Waals surface area contributed by atoms with Crippen molar-refractivity contribution in [2.45, 2.75) is 6.10 Å². The summed E-state index contributed by atoms with van der Waals surface area (Å²) in [6.07, 6.45) is -1.22. The molecule has 1 unspecified atom stereocenters. The lowest BCUT2D eigenvalue weighted by Gasteiger charge is -2.15. The van der Waals surface area contributed by atoms with Gasteiger partial charge in [-0.05, 0) is 52.3 Å². The van der Waals surface area contributed by atoms with Crippen molar-refractivity contribution in [3.05, 3.63) is 64.2 Å². The van der Waals surface area contributed by atoms with E-state index >= 15 is 0 Å². The first-order chi connectivity index (χ1) is 13.8. The van der Waals surface area contributed by atoms with Crippen molar-refractivity contribution < 1.29 is 32.6 Å². The van der Waals surface area contributed by atoms with E-state index in [1.165, 1.54) is 0 Å². The number of halogens is 3. The fraction of sp³-hybridized carbons (Fsp3) is 0.158. The summed E-state index contributed by atoms with van der Waals surface area (Å²) >= 11 is 3.24. The zero-order chi connectivity index (χ0) is 21.1. The third kappa shape index (κ3) is 4.22. The summed E-state index contributed by atoms with van der Waals surface area (Å²) in [6.45, 7) is -0.627. The highest BCUT2D eigenvalue weighted by Crippen LogP contribution is 2.34. The summed E-state index contributed by atoms with van der Waals surface area (Å²) in [4.78, 5) is 15.5. The number of nitrogens with zero attached hydrogens (tertiary/aromatic N) is 1. The van der Waals surface area contributed by atoms with Crippen molar-refractivity contribution in [3.63, 3.8) is 0 Å². The SMILES string of the molecule is COc1ccc(-c2nc(C(CO)Oc3ccc(F)c(C(N)=O)c3F)oc2Br)cc1. The number of aliphatic hydroxyl groups excluding tert-OH is 1. The lowest BCUT2D eigenvalue weighted by Crippen LogP contribution is -2.18. The van der Waals surface area contributed by atoms with Gasteiger partial charge in [-0.1, -0.05) is 0 Å². The van der Waals surface area contributed by atoms with E-state index in [2.05, 4.69) is 20.9 Å². The predicted octanol–water partition coefficient (Wildman–Crippen LogP) is 3.60. The number of aromatic nitrogens is 1. The summed E-state index contributed by atoms with van der Waals surface area (Å²) in [5.74, 6) is -3.58. The number of ether oxygens (including phenoxy) is 2. The highest BCUT2D eigenvalue weighted by Gasteiger charge is 2.26. The van der Waals surface area contributed by atoms with Crippen molar-refractivity contribution in [3.8, 4) is 22.8 Å². The number of primary amides is 1. The monoisotopic (exact) mass is 468 g/mol. The molecule has 10 heteroatoms. The average molecular weight is 469 g/mol. The molecule has 2 aromatic carbocycles. The first-order valence-corrected chi connectivity index (χ1v) is 9.01. The van der Waals surface area contributed by atoms with Crippen LogP contribution in [0.2, 0.25) is 0 Å². The van der Waals surface area contributed by atoms with Crippen LogP contribution in [-0.4, -0.2) is 29.7 Å². The number of hydrogen-bond donors (Lipinski definition) is 2. The summed E-state index contributed by atoms with van der Waals surface area (Å²) < 4.78 is 44.3. The first kappa shape index (κ1) is 20.7. The Morgan fingerprint density at radius 2 is 1.97 bits per heavy atom. The Balaban J connectivity index is 1.92. The fourth-order valence-electron chi connectivity index (χ4n) is 2.55. The Morgan fingerprint density at radius 3 is 2.55 bits per heavy atom. The zero-order valence-electron chi connectivity index (χ0n) is 15.0. The van der Waals surface area contributed by atoms with E-state index in [-0.39, 0.29) is 10.6 Å². The minimum atomic E-state index is -1.29. The second-order valence-corrected chi connectivity index (χ2v) is 6.51. The smallest absolute Gasteiger partial charge is 0.254 e. The number of hydrogen-bond acceptors (Lipinski definition) is 6. The molecule has 0 saturated heterocycles. The predicted molar refractivity (Wildman–Crippen MR) is 102 cm³/mol. The van der Waals surface area contributed by atoms with Gasteiger partial charge in [-0.15, -0.1) is 0 Å². The number of aliphatic hydroxyl groups is 1. The third-order valence-corrected chi connectivity index (χ3v) is 4.52. The molecular formula is C19H15BrF2N2O5. The standard InChI is InChI=1S/C19H15BrF2N2O5/c1-27-10-4-2-9(3-5-10)16-17(20)29-19(24-16)13(8-25)28-12-7-6-11(21)14(15(12)22)18(23)26/h2-7,13,25H,8H2,1H3,(H2,23,26). The van der Waals surface area contributed by atoms with Gasteiger partial charge in [-0.25, -0.2) is 13.8 Å². The van der Waals surface area contributed by atoms with Gasteiger partial charge in [0.2, 0.25) is 5.89 Å². The molecule has 0 radical (unpaired) electrons. The van der Waals surface area contributed by atoms with Crippen LogP contribution >= 0.6 is 15.9 Å². The van der Waals surface area contributed by atoms with Crippen molar-refractivity contribution in [2.75, 3.05) is 13.7 Å². The van der Waals surface area contributed by atoms with Gasteiger partial charge in [0.25, 0.3) is 5.91 Å². The molecule has 1 atom stereocenters. The lowest BCUT2D eigenvalue weighted by atomic mass is 10.1. The van der Waals surface area contributed by atoms with Gasteiger partial charge in [0.15, 0.2) is 22.3 Å². The molecule has 0 spiro atoms. The van der Waals surface area contributed by atoms with Crippen LogP contribution in [0.4, 0.5) is 8.78 Å². The first-order valence-electron chi connectivity index (χ1n) is 8.21. The molecule has 1 heterocycles. The van der Waals surface area contributed by atoms with E-state index in [1.54, 1.807) is 31.4 Å². The lowest BCUT2D eigenvalue weighted by molar-refractivity contribution is 0.0880. The highest BCUT2D eigenvalue weighted by molar-refractivity contribution is 9.10. The van der Waals surface area contributed by atoms with Crippen molar-refractivity contribution >= 4 is 21.8 Å². The van der Waals surface area contributed by atoms with E-state index in [0.717, 1.165) is 12.1 Å². The van der Waals surface area contributed by atoms with E-state index in [0.29, 0.717) is 17.0 Å². The molecule has 0 saturated carbocycles. The molecule has 1 aromatic heterocycles. The molecule has 7 nitrogen and oxygen atoms in total. The molecule has 29 heavy (non-hydrogen) atoms. The molecule has 1 amide bonds. The molecule has 0 aliphatic carbocycles. The van der Waals surface area contributed by atoms with Gasteiger partial charge >= 0.3 is 0 Å². The summed E-state index contributed by atoms with van der Waals surface area (Å²) in [7, 11) is 1.54. The number of amides is 1. The van der Waals surface area contributed by atoms with Gasteiger partial charge in [0.05, 0.1) is 13.7 Å². The summed E-state index contributed by atoms with van der Waals surface area (Å²) in [5, 5.41) is 9.66. The molecule has 0 fully saturated rings. The Bertz CT molecular complexity index is 1040. The Morgan fingerprint density at radius 1 is 1.28 bits per heavy atom. The third-order valence-electron chi connectivity index (χ3n) is 3.98. The Hall–Kier alpha value is -2.98. The second-order valence-electron chi connectivity index (χ2n) is 5.79. The minimum absolute atomic E-state index is 0.0606. The van der Waals surface area contributed by atoms with Crippen LogP contribution in [0.3, 0.4) is 0 Å². The second kappa shape index (κ2) is 8.58. The molecule has 152 valence electrons. The minimum Gasteiger partial charge on any atom is -0.497 e. The zero-order valence-corrected chi connectivity index (χ0v) is 16.6. The molecule has 0 bridgehead atoms. The number of benzene rings is 2. The topological polar surface area (TPSA) is 108 Å². The van der Waals surface area contributed by atoms with Crippen LogP contribution in [-0.2, 0) is 0 Å². The van der Waals surface area contributed by atoms with Crippen LogP contribution in [0, 0.1) is 11.6 Å². The molecule has 3 rings (SSSR count). The van der Waals surface area contributed by atoms with Crippen LogP contribution in [0.15, 0.2) is 45.5 Å². The Labute approximate surface area is 172 Å². The average Bonchev–Trinajstić information content (AvgIpc) is 3.08. The van der Waals surface area contributed by atoms with E-state index < -0.39 is 41.6 Å². The molecule has 0 aliphatic heterocycles. The van der Waals surface area contributed by atoms with Gasteiger partial charge in [-0.3, -0.25) is 4.79 Å². The maximum atomic E-state index is 14.4. The van der Waals surface area contributed by atoms with E-state index in [1.807, 2.05) is 0 Å². The van der Waals surface area contributed by atoms with Crippen molar-refractivity contribution in [1.82, 2.24) is 4.98 Å². The van der Waals surface area contributed by atoms with Crippen LogP contribution in [0.5, 0.6) is 11.5 Å². The number of carbonyl (C=O) groups excluding carboxylic acids is 1. The van der Waals surface area contributed by atoms with Crippen LogP contribution in [0.25, 0.3) is 11.3 Å². The quantitative estimate of drug-likeness (QED) is 0.548. The largest absolute Gasteiger partial charge is 0.497 e. The number of carbonyl (C=O) groups is 1. The fourth-order valence-corrected chi connectivity index (χ4v) is 3.03. The van der Waals surface area contributed by atoms with E-state index in [4.69, 9.17) is 19.6 Å². The van der Waals surface area contributed by atoms with Gasteiger partial charge in [0, 0.05) is 5.56 Å².